The van der Waals surface area contributed by atoms with Gasteiger partial charge in [0.05, 0.1) is 5.56 Å². The van der Waals surface area contributed by atoms with Crippen LogP contribution in [-0.4, -0.2) is 36.5 Å². The first kappa shape index (κ1) is 15.8. The van der Waals surface area contributed by atoms with E-state index >= 15 is 0 Å². The number of thiophene rings is 1. The third-order valence-electron chi connectivity index (χ3n) is 4.58. The number of aryl methyl sites for hydroxylation is 1. The van der Waals surface area contributed by atoms with Gasteiger partial charge in [0.15, 0.2) is 0 Å². The van der Waals surface area contributed by atoms with Crippen LogP contribution in [-0.2, 0) is 0 Å². The molecule has 20 heavy (non-hydrogen) atoms. The van der Waals surface area contributed by atoms with Gasteiger partial charge in [-0.05, 0) is 56.0 Å². The highest BCUT2D eigenvalue weighted by Gasteiger charge is 2.30. The predicted molar refractivity (Wildman–Crippen MR) is 86.0 cm³/mol. The molecule has 3 nitrogen and oxygen atoms in total. The Morgan fingerprint density at radius 3 is 2.60 bits per heavy atom. The lowest BCUT2D eigenvalue weighted by atomic mass is 9.88. The maximum atomic E-state index is 12.4. The fourth-order valence-electron chi connectivity index (χ4n) is 3.37. The molecule has 0 bridgehead atoms. The van der Waals surface area contributed by atoms with Gasteiger partial charge in [-0.3, -0.25) is 4.79 Å². The highest BCUT2D eigenvalue weighted by Crippen LogP contribution is 2.27. The molecule has 2 aliphatic heterocycles. The summed E-state index contributed by atoms with van der Waals surface area (Å²) in [4.78, 5) is 14.5. The second-order valence-electron chi connectivity index (χ2n) is 5.80. The number of carbonyl (C=O) groups is 1. The molecule has 1 amide bonds. The van der Waals surface area contributed by atoms with Crippen LogP contribution in [0.1, 0.15) is 41.6 Å². The van der Waals surface area contributed by atoms with E-state index in [0.717, 1.165) is 43.0 Å². The quantitative estimate of drug-likeness (QED) is 0.910. The average Bonchev–Trinajstić information content (AvgIpc) is 3.09. The van der Waals surface area contributed by atoms with Crippen molar-refractivity contribution in [3.63, 3.8) is 0 Å². The maximum Gasteiger partial charge on any atom is 0.254 e. The summed E-state index contributed by atoms with van der Waals surface area (Å²) in [7, 11) is 0. The van der Waals surface area contributed by atoms with Gasteiger partial charge in [0.25, 0.3) is 5.91 Å². The molecule has 5 heteroatoms. The van der Waals surface area contributed by atoms with Crippen LogP contribution < -0.4 is 5.32 Å². The van der Waals surface area contributed by atoms with Gasteiger partial charge in [0.2, 0.25) is 0 Å². The van der Waals surface area contributed by atoms with Crippen molar-refractivity contribution in [2.75, 3.05) is 19.6 Å². The zero-order chi connectivity index (χ0) is 13.2. The summed E-state index contributed by atoms with van der Waals surface area (Å²) in [5, 5.41) is 7.65. The van der Waals surface area contributed by atoms with Crippen molar-refractivity contribution in [1.29, 1.82) is 0 Å². The topological polar surface area (TPSA) is 32.3 Å². The Hall–Kier alpha value is -0.580. The van der Waals surface area contributed by atoms with Gasteiger partial charge in [-0.1, -0.05) is 0 Å². The molecule has 0 saturated carbocycles. The van der Waals surface area contributed by atoms with Crippen LogP contribution in [0.5, 0.6) is 0 Å². The molecule has 2 fully saturated rings. The Bertz CT molecular complexity index is 448. The van der Waals surface area contributed by atoms with E-state index in [-0.39, 0.29) is 18.3 Å². The monoisotopic (exact) mass is 314 g/mol. The van der Waals surface area contributed by atoms with Gasteiger partial charge in [-0.15, -0.1) is 12.4 Å². The summed E-state index contributed by atoms with van der Waals surface area (Å²) in [6, 6.07) is 0.708. The van der Waals surface area contributed by atoms with Crippen LogP contribution in [0.2, 0.25) is 0 Å². The van der Waals surface area contributed by atoms with Crippen molar-refractivity contribution in [2.24, 2.45) is 5.92 Å². The standard InChI is InChI=1S/C15H22N2OS.ClH/c1-11-9-19-10-13(11)15(18)17-7-4-12(5-8-17)14-3-2-6-16-14;/h9-10,12,14,16H,2-8H2,1H3;1H. The van der Waals surface area contributed by atoms with Crippen molar-refractivity contribution in [3.05, 3.63) is 21.9 Å². The van der Waals surface area contributed by atoms with Crippen molar-refractivity contribution >= 4 is 29.7 Å². The summed E-state index contributed by atoms with van der Waals surface area (Å²) < 4.78 is 0. The van der Waals surface area contributed by atoms with Gasteiger partial charge >= 0.3 is 0 Å². The summed E-state index contributed by atoms with van der Waals surface area (Å²) in [5.41, 5.74) is 2.03. The van der Waals surface area contributed by atoms with E-state index in [1.807, 2.05) is 17.2 Å². The number of amides is 1. The number of halogens is 1. The third-order valence-corrected chi connectivity index (χ3v) is 5.44. The molecule has 3 rings (SSSR count). The summed E-state index contributed by atoms with van der Waals surface area (Å²) in [6.07, 6.45) is 4.96. The molecule has 1 N–H and O–H groups in total. The average molecular weight is 315 g/mol. The van der Waals surface area contributed by atoms with Crippen LogP contribution in [0, 0.1) is 12.8 Å². The smallest absolute Gasteiger partial charge is 0.254 e. The van der Waals surface area contributed by atoms with Crippen LogP contribution in [0.3, 0.4) is 0 Å². The minimum absolute atomic E-state index is 0. The highest BCUT2D eigenvalue weighted by molar-refractivity contribution is 7.08. The Balaban J connectivity index is 0.00000147. The summed E-state index contributed by atoms with van der Waals surface area (Å²) in [5.74, 6) is 1.01. The number of rotatable bonds is 2. The maximum absolute atomic E-state index is 12.4. The normalized spacial score (nSPS) is 23.6. The number of nitrogens with one attached hydrogen (secondary N) is 1. The van der Waals surface area contributed by atoms with E-state index < -0.39 is 0 Å². The zero-order valence-corrected chi connectivity index (χ0v) is 13.6. The second kappa shape index (κ2) is 6.92. The Morgan fingerprint density at radius 1 is 1.30 bits per heavy atom. The van der Waals surface area contributed by atoms with Gasteiger partial charge in [-0.25, -0.2) is 0 Å². The molecular weight excluding hydrogens is 292 g/mol. The SMILES string of the molecule is Cc1cscc1C(=O)N1CCC(C2CCCN2)CC1.Cl. The van der Waals surface area contributed by atoms with Crippen molar-refractivity contribution in [1.82, 2.24) is 10.2 Å². The third kappa shape index (κ3) is 3.18. The fourth-order valence-corrected chi connectivity index (χ4v) is 4.19. The number of piperidine rings is 1. The molecule has 1 aromatic heterocycles. The van der Waals surface area contributed by atoms with Crippen LogP contribution in [0.4, 0.5) is 0 Å². The van der Waals surface area contributed by atoms with Crippen molar-refractivity contribution in [2.45, 2.75) is 38.6 Å². The molecule has 3 heterocycles. The molecule has 1 atom stereocenters. The second-order valence-corrected chi connectivity index (χ2v) is 6.54. The van der Waals surface area contributed by atoms with Crippen molar-refractivity contribution < 1.29 is 4.79 Å². The molecule has 1 aromatic rings. The highest BCUT2D eigenvalue weighted by atomic mass is 35.5. The lowest BCUT2D eigenvalue weighted by Crippen LogP contribution is -2.43. The van der Waals surface area contributed by atoms with E-state index in [4.69, 9.17) is 0 Å². The number of likely N-dealkylation sites (tertiary alicyclic amines) is 1. The molecule has 0 radical (unpaired) electrons. The largest absolute Gasteiger partial charge is 0.339 e. The number of nitrogens with zero attached hydrogens (tertiary/aromatic N) is 1. The molecule has 2 aliphatic rings. The fraction of sp³-hybridized carbons (Fsp3) is 0.667. The van der Waals surface area contributed by atoms with Crippen molar-refractivity contribution in [3.8, 4) is 0 Å². The van der Waals surface area contributed by atoms with Gasteiger partial charge in [-0.2, -0.15) is 11.3 Å². The summed E-state index contributed by atoms with van der Waals surface area (Å²) >= 11 is 1.62. The van der Waals surface area contributed by atoms with Gasteiger partial charge in [0, 0.05) is 24.5 Å². The molecule has 0 aromatic carbocycles. The van der Waals surface area contributed by atoms with Gasteiger partial charge < -0.3 is 10.2 Å². The lowest BCUT2D eigenvalue weighted by molar-refractivity contribution is 0.0674. The Labute approximate surface area is 131 Å². The predicted octanol–water partition coefficient (Wildman–Crippen LogP) is 3.08. The van der Waals surface area contributed by atoms with Gasteiger partial charge in [0.1, 0.15) is 0 Å². The molecule has 0 spiro atoms. The molecule has 2 saturated heterocycles. The zero-order valence-electron chi connectivity index (χ0n) is 11.9. The lowest BCUT2D eigenvalue weighted by Gasteiger charge is -2.35. The van der Waals surface area contributed by atoms with E-state index in [1.165, 1.54) is 19.4 Å². The number of carbonyl (C=O) groups excluding carboxylic acids is 1. The molecular formula is C15H23ClN2OS. The first-order valence-corrected chi connectivity index (χ1v) is 8.25. The molecule has 112 valence electrons. The molecule has 1 unspecified atom stereocenters. The van der Waals surface area contributed by atoms with E-state index in [2.05, 4.69) is 10.7 Å². The number of hydrogen-bond acceptors (Lipinski definition) is 3. The first-order chi connectivity index (χ1) is 9.25. The molecule has 0 aliphatic carbocycles. The number of hydrogen-bond donors (Lipinski definition) is 1. The minimum atomic E-state index is 0. The minimum Gasteiger partial charge on any atom is -0.339 e. The van der Waals surface area contributed by atoms with E-state index in [0.29, 0.717) is 6.04 Å². The Kier molecular flexibility index (Phi) is 5.47. The van der Waals surface area contributed by atoms with Crippen LogP contribution >= 0.6 is 23.7 Å². The van der Waals surface area contributed by atoms with E-state index in [1.54, 1.807) is 11.3 Å². The van der Waals surface area contributed by atoms with Crippen LogP contribution in [0.25, 0.3) is 0 Å². The first-order valence-electron chi connectivity index (χ1n) is 7.31. The van der Waals surface area contributed by atoms with Crippen LogP contribution in [0.15, 0.2) is 10.8 Å². The summed E-state index contributed by atoms with van der Waals surface area (Å²) in [6.45, 7) is 5.06. The van der Waals surface area contributed by atoms with E-state index in [9.17, 15) is 4.79 Å². The Morgan fingerprint density at radius 2 is 2.05 bits per heavy atom.